The average Bonchev–Trinajstić information content (AvgIpc) is 2.47. The fourth-order valence-electron chi connectivity index (χ4n) is 2.06. The van der Waals surface area contributed by atoms with Gasteiger partial charge in [-0.2, -0.15) is 0 Å². The fourth-order valence-corrected chi connectivity index (χ4v) is 2.06. The minimum absolute atomic E-state index is 0.0222. The molecular weight excluding hydrogens is 265 g/mol. The Bertz CT molecular complexity index is 441. The summed E-state index contributed by atoms with van der Waals surface area (Å²) in [6.07, 6.45) is 0.250. The zero-order chi connectivity index (χ0) is 15.0. The largest absolute Gasteiger partial charge is 0.468 e. The summed E-state index contributed by atoms with van der Waals surface area (Å²) in [6, 6.07) is 5.73. The maximum absolute atomic E-state index is 13.4. The van der Waals surface area contributed by atoms with Gasteiger partial charge in [-0.25, -0.2) is 4.39 Å². The number of nitrogens with two attached hydrogens (primary N) is 1. The number of hydrogen-bond acceptors (Lipinski definition) is 5. The van der Waals surface area contributed by atoms with Crippen LogP contribution in [0.2, 0.25) is 0 Å². The van der Waals surface area contributed by atoms with E-state index in [4.69, 9.17) is 20.3 Å². The van der Waals surface area contributed by atoms with Crippen molar-refractivity contribution < 1.29 is 23.8 Å². The monoisotopic (exact) mass is 285 g/mol. The van der Waals surface area contributed by atoms with Gasteiger partial charge in [0.05, 0.1) is 20.3 Å². The van der Waals surface area contributed by atoms with Gasteiger partial charge in [0.2, 0.25) is 0 Å². The topological polar surface area (TPSA) is 81.8 Å². The third-order valence-corrected chi connectivity index (χ3v) is 3.21. The zero-order valence-electron chi connectivity index (χ0n) is 11.5. The number of carbonyl (C=O) groups is 1. The minimum atomic E-state index is -1.15. The van der Waals surface area contributed by atoms with Crippen LogP contribution in [0.5, 0.6) is 0 Å². The van der Waals surface area contributed by atoms with Crippen molar-refractivity contribution in [2.45, 2.75) is 11.8 Å². The molecule has 0 bridgehead atoms. The number of halogens is 1. The highest BCUT2D eigenvalue weighted by Gasteiger charge is 2.40. The van der Waals surface area contributed by atoms with Crippen molar-refractivity contribution in [3.8, 4) is 0 Å². The van der Waals surface area contributed by atoms with E-state index in [0.717, 1.165) is 0 Å². The molecule has 0 spiro atoms. The van der Waals surface area contributed by atoms with Crippen molar-refractivity contribution in [1.82, 2.24) is 0 Å². The van der Waals surface area contributed by atoms with Gasteiger partial charge < -0.3 is 20.3 Å². The first kappa shape index (κ1) is 16.6. The minimum Gasteiger partial charge on any atom is -0.468 e. The summed E-state index contributed by atoms with van der Waals surface area (Å²) >= 11 is 0. The molecule has 1 aromatic carbocycles. The molecule has 0 aliphatic carbocycles. The predicted molar refractivity (Wildman–Crippen MR) is 71.7 cm³/mol. The van der Waals surface area contributed by atoms with Crippen LogP contribution in [0, 0.1) is 5.82 Å². The third-order valence-electron chi connectivity index (χ3n) is 3.21. The molecule has 1 atom stereocenters. The van der Waals surface area contributed by atoms with Crippen LogP contribution in [-0.2, 0) is 19.7 Å². The molecule has 0 fully saturated rings. The number of ether oxygens (including phenoxy) is 2. The molecule has 1 unspecified atom stereocenters. The van der Waals surface area contributed by atoms with Gasteiger partial charge in [-0.3, -0.25) is 4.79 Å². The van der Waals surface area contributed by atoms with Crippen LogP contribution < -0.4 is 5.73 Å². The van der Waals surface area contributed by atoms with E-state index in [-0.39, 0.29) is 32.8 Å². The lowest BCUT2D eigenvalue weighted by Gasteiger charge is -2.30. The van der Waals surface area contributed by atoms with E-state index in [2.05, 4.69) is 0 Å². The summed E-state index contributed by atoms with van der Waals surface area (Å²) in [5.41, 5.74) is 5.06. The van der Waals surface area contributed by atoms with Crippen LogP contribution in [-0.4, -0.2) is 44.6 Å². The third kappa shape index (κ3) is 3.75. The van der Waals surface area contributed by atoms with Gasteiger partial charge in [-0.1, -0.05) is 12.1 Å². The lowest BCUT2D eigenvalue weighted by atomic mass is 9.77. The smallest absolute Gasteiger partial charge is 0.317 e. The normalized spacial score (nSPS) is 13.8. The van der Waals surface area contributed by atoms with E-state index >= 15 is 0 Å². The molecule has 0 heterocycles. The van der Waals surface area contributed by atoms with Gasteiger partial charge in [0.1, 0.15) is 11.2 Å². The highest BCUT2D eigenvalue weighted by molar-refractivity contribution is 5.83. The second-order valence-corrected chi connectivity index (χ2v) is 4.37. The molecule has 0 saturated heterocycles. The number of rotatable bonds is 8. The molecule has 5 nitrogen and oxygen atoms in total. The number of hydrogen-bond donors (Lipinski definition) is 2. The van der Waals surface area contributed by atoms with Crippen LogP contribution in [0.3, 0.4) is 0 Å². The predicted octanol–water partition coefficient (Wildman–Crippen LogP) is 0.594. The number of carbonyl (C=O) groups excluding carboxylic acids is 1. The number of aliphatic hydroxyl groups excluding tert-OH is 1. The Balaban J connectivity index is 3.02. The Morgan fingerprint density at radius 2 is 2.20 bits per heavy atom. The summed E-state index contributed by atoms with van der Waals surface area (Å²) < 4.78 is 23.4. The second kappa shape index (κ2) is 7.94. The summed E-state index contributed by atoms with van der Waals surface area (Å²) in [6.45, 7) is 0.258. The molecule has 6 heteroatoms. The lowest BCUT2D eigenvalue weighted by Crippen LogP contribution is -2.45. The van der Waals surface area contributed by atoms with E-state index in [1.54, 1.807) is 6.07 Å². The van der Waals surface area contributed by atoms with E-state index in [1.807, 2.05) is 0 Å². The Morgan fingerprint density at radius 3 is 2.75 bits per heavy atom. The SMILES string of the molecule is COC(=O)C(CN)(CCOCCO)c1cccc(F)c1. The quantitative estimate of drug-likeness (QED) is 0.540. The average molecular weight is 285 g/mol. The van der Waals surface area contributed by atoms with Crippen LogP contribution in [0.25, 0.3) is 0 Å². The van der Waals surface area contributed by atoms with Gasteiger partial charge in [0, 0.05) is 13.2 Å². The maximum atomic E-state index is 13.4. The zero-order valence-corrected chi connectivity index (χ0v) is 11.5. The summed E-state index contributed by atoms with van der Waals surface area (Å²) in [7, 11) is 1.26. The number of esters is 1. The molecule has 1 aromatic rings. The van der Waals surface area contributed by atoms with E-state index in [1.165, 1.54) is 25.3 Å². The molecule has 1 rings (SSSR count). The molecule has 0 saturated carbocycles. The summed E-state index contributed by atoms with van der Waals surface area (Å²) in [5.74, 6) is -0.973. The molecule has 0 amide bonds. The van der Waals surface area contributed by atoms with Gasteiger partial charge in [0.25, 0.3) is 0 Å². The standard InChI is InChI=1S/C14H20FNO4/c1-19-13(18)14(10-16,5-7-20-8-6-17)11-3-2-4-12(15)9-11/h2-4,9,17H,5-8,10,16H2,1H3. The highest BCUT2D eigenvalue weighted by Crippen LogP contribution is 2.29. The molecule has 0 aromatic heterocycles. The van der Waals surface area contributed by atoms with Crippen LogP contribution in [0.15, 0.2) is 24.3 Å². The summed E-state index contributed by atoms with van der Waals surface area (Å²) in [5, 5.41) is 8.67. The van der Waals surface area contributed by atoms with E-state index in [9.17, 15) is 9.18 Å². The second-order valence-electron chi connectivity index (χ2n) is 4.37. The molecule has 0 radical (unpaired) electrons. The van der Waals surface area contributed by atoms with Crippen LogP contribution in [0.1, 0.15) is 12.0 Å². The van der Waals surface area contributed by atoms with Gasteiger partial charge in [-0.15, -0.1) is 0 Å². The first-order chi connectivity index (χ1) is 9.60. The molecule has 20 heavy (non-hydrogen) atoms. The Morgan fingerprint density at radius 1 is 1.45 bits per heavy atom. The van der Waals surface area contributed by atoms with Crippen molar-refractivity contribution in [3.63, 3.8) is 0 Å². The van der Waals surface area contributed by atoms with Crippen molar-refractivity contribution in [2.75, 3.05) is 33.5 Å². The Kier molecular flexibility index (Phi) is 6.57. The van der Waals surface area contributed by atoms with Gasteiger partial charge in [-0.05, 0) is 24.1 Å². The molecule has 0 aliphatic rings. The van der Waals surface area contributed by atoms with Gasteiger partial charge >= 0.3 is 5.97 Å². The number of methoxy groups -OCH3 is 1. The van der Waals surface area contributed by atoms with Crippen molar-refractivity contribution in [3.05, 3.63) is 35.6 Å². The van der Waals surface area contributed by atoms with Crippen molar-refractivity contribution >= 4 is 5.97 Å². The molecular formula is C14H20FNO4. The van der Waals surface area contributed by atoms with Crippen molar-refractivity contribution in [2.24, 2.45) is 5.73 Å². The molecule has 3 N–H and O–H groups in total. The molecule has 112 valence electrons. The Labute approximate surface area is 117 Å². The first-order valence-electron chi connectivity index (χ1n) is 6.34. The van der Waals surface area contributed by atoms with Crippen LogP contribution >= 0.6 is 0 Å². The van der Waals surface area contributed by atoms with Gasteiger partial charge in [0.15, 0.2) is 0 Å². The highest BCUT2D eigenvalue weighted by atomic mass is 19.1. The maximum Gasteiger partial charge on any atom is 0.317 e. The first-order valence-corrected chi connectivity index (χ1v) is 6.34. The van der Waals surface area contributed by atoms with Crippen molar-refractivity contribution in [1.29, 1.82) is 0 Å². The van der Waals surface area contributed by atoms with E-state index in [0.29, 0.717) is 5.56 Å². The van der Waals surface area contributed by atoms with Crippen LogP contribution in [0.4, 0.5) is 4.39 Å². The lowest BCUT2D eigenvalue weighted by molar-refractivity contribution is -0.148. The fraction of sp³-hybridized carbons (Fsp3) is 0.500. The number of aliphatic hydroxyl groups is 1. The van der Waals surface area contributed by atoms with E-state index < -0.39 is 17.2 Å². The number of benzene rings is 1. The summed E-state index contributed by atoms with van der Waals surface area (Å²) in [4.78, 5) is 12.1. The Hall–Kier alpha value is -1.50. The molecule has 0 aliphatic heterocycles.